The highest BCUT2D eigenvalue weighted by atomic mass is 16.3. The minimum absolute atomic E-state index is 0.271. The third-order valence-electron chi connectivity index (χ3n) is 1.95. The molecule has 16 heavy (non-hydrogen) atoms. The SMILES string of the molecule is CC(N=C([O-])c1ccccc1)/C(O)=C/[N+]#N. The molecular weight excluding hydrogens is 206 g/mol. The largest absolute Gasteiger partial charge is 0.858 e. The molecule has 1 N–H and O–H groups in total. The van der Waals surface area contributed by atoms with Gasteiger partial charge < -0.3 is 10.2 Å². The van der Waals surface area contributed by atoms with Gasteiger partial charge >= 0.3 is 6.20 Å². The fraction of sp³-hybridized carbons (Fsp3) is 0.182. The van der Waals surface area contributed by atoms with Gasteiger partial charge in [0.2, 0.25) is 11.2 Å². The number of aliphatic imine (C=N–C) groups is 1. The van der Waals surface area contributed by atoms with Crippen LogP contribution >= 0.6 is 0 Å². The maximum absolute atomic E-state index is 11.6. The van der Waals surface area contributed by atoms with E-state index in [0.29, 0.717) is 5.56 Å². The highest BCUT2D eigenvalue weighted by Gasteiger charge is 2.09. The van der Waals surface area contributed by atoms with E-state index < -0.39 is 11.9 Å². The molecule has 5 heteroatoms. The Hall–Kier alpha value is -2.35. The number of hydrogen-bond donors (Lipinski definition) is 1. The first-order valence-corrected chi connectivity index (χ1v) is 4.68. The average molecular weight is 217 g/mol. The molecule has 0 amide bonds. The van der Waals surface area contributed by atoms with Crippen LogP contribution in [0.15, 0.2) is 47.3 Å². The van der Waals surface area contributed by atoms with Crippen molar-refractivity contribution in [2.45, 2.75) is 13.0 Å². The highest BCUT2D eigenvalue weighted by molar-refractivity contribution is 5.90. The zero-order valence-electron chi connectivity index (χ0n) is 8.74. The summed E-state index contributed by atoms with van der Waals surface area (Å²) in [6.07, 6.45) is 0.840. The molecule has 0 aliphatic carbocycles. The second kappa shape index (κ2) is 5.51. The van der Waals surface area contributed by atoms with E-state index in [1.54, 1.807) is 30.3 Å². The molecule has 0 saturated carbocycles. The van der Waals surface area contributed by atoms with Crippen molar-refractivity contribution < 1.29 is 10.2 Å². The maximum atomic E-state index is 11.6. The Labute approximate surface area is 93.0 Å². The third-order valence-corrected chi connectivity index (χ3v) is 1.95. The monoisotopic (exact) mass is 217 g/mol. The second-order valence-corrected chi connectivity index (χ2v) is 3.15. The van der Waals surface area contributed by atoms with Crippen molar-refractivity contribution in [3.8, 4) is 0 Å². The number of hydrogen-bond acceptors (Lipinski definition) is 4. The van der Waals surface area contributed by atoms with Crippen molar-refractivity contribution in [3.05, 3.63) is 52.8 Å². The summed E-state index contributed by atoms with van der Waals surface area (Å²) in [7, 11) is 0. The normalized spacial score (nSPS) is 14.2. The van der Waals surface area contributed by atoms with E-state index >= 15 is 0 Å². The first-order chi connectivity index (χ1) is 7.65. The van der Waals surface area contributed by atoms with Crippen LogP contribution in [-0.2, 0) is 0 Å². The van der Waals surface area contributed by atoms with Gasteiger partial charge in [-0.25, -0.2) is 0 Å². The number of benzene rings is 1. The molecule has 0 aliphatic rings. The van der Waals surface area contributed by atoms with Crippen LogP contribution in [0, 0.1) is 5.39 Å². The summed E-state index contributed by atoms with van der Waals surface area (Å²) in [6.45, 7) is 1.53. The molecule has 0 bridgehead atoms. The summed E-state index contributed by atoms with van der Waals surface area (Å²) in [5, 5.41) is 29.0. The van der Waals surface area contributed by atoms with Gasteiger partial charge in [0, 0.05) is 0 Å². The fourth-order valence-corrected chi connectivity index (χ4v) is 1.06. The van der Waals surface area contributed by atoms with E-state index in [1.807, 2.05) is 0 Å². The summed E-state index contributed by atoms with van der Waals surface area (Å²) in [5.74, 6) is -0.697. The third kappa shape index (κ3) is 3.10. The molecule has 0 aromatic heterocycles. The summed E-state index contributed by atoms with van der Waals surface area (Å²) < 4.78 is 0. The van der Waals surface area contributed by atoms with E-state index in [0.717, 1.165) is 6.20 Å². The van der Waals surface area contributed by atoms with Crippen molar-refractivity contribution in [1.82, 2.24) is 0 Å². The Balaban J connectivity index is 2.87. The van der Waals surface area contributed by atoms with Gasteiger partial charge in [0.05, 0.1) is 0 Å². The number of nitrogens with zero attached hydrogens (tertiary/aromatic N) is 3. The van der Waals surface area contributed by atoms with Gasteiger partial charge in [-0.1, -0.05) is 30.3 Å². The number of aliphatic hydroxyl groups is 1. The van der Waals surface area contributed by atoms with E-state index in [1.165, 1.54) is 6.92 Å². The molecule has 1 atom stereocenters. The highest BCUT2D eigenvalue weighted by Crippen LogP contribution is 2.05. The molecule has 1 aromatic rings. The summed E-state index contributed by atoms with van der Waals surface area (Å²) in [6, 6.07) is 7.79. The fourth-order valence-electron chi connectivity index (χ4n) is 1.06. The molecule has 0 spiro atoms. The molecular formula is C11H11N3O2. The van der Waals surface area contributed by atoms with Crippen molar-refractivity contribution >= 4 is 5.90 Å². The van der Waals surface area contributed by atoms with Crippen molar-refractivity contribution in [3.63, 3.8) is 0 Å². The van der Waals surface area contributed by atoms with Crippen molar-refractivity contribution in [2.75, 3.05) is 0 Å². The zero-order chi connectivity index (χ0) is 12.0. The summed E-state index contributed by atoms with van der Waals surface area (Å²) in [4.78, 5) is 6.39. The molecule has 1 unspecified atom stereocenters. The minimum Gasteiger partial charge on any atom is -0.858 e. The summed E-state index contributed by atoms with van der Waals surface area (Å²) >= 11 is 0. The van der Waals surface area contributed by atoms with Crippen molar-refractivity contribution in [2.24, 2.45) is 4.99 Å². The Kier molecular flexibility index (Phi) is 4.04. The standard InChI is InChI=1S/C11H11N3O2/c1-8(10(15)7-13-12)14-11(16)9-5-3-2-4-6-9/h2-8H,1H3,(H-,14,15,16)/b10-7-. The van der Waals surface area contributed by atoms with Crippen LogP contribution in [0.5, 0.6) is 0 Å². The topological polar surface area (TPSA) is 83.8 Å². The van der Waals surface area contributed by atoms with Gasteiger partial charge in [-0.3, -0.25) is 4.99 Å². The van der Waals surface area contributed by atoms with Crippen LogP contribution < -0.4 is 5.11 Å². The molecule has 0 saturated heterocycles. The molecule has 0 fully saturated rings. The van der Waals surface area contributed by atoms with Crippen LogP contribution in [0.4, 0.5) is 0 Å². The molecule has 0 aliphatic heterocycles. The second-order valence-electron chi connectivity index (χ2n) is 3.15. The van der Waals surface area contributed by atoms with E-state index in [-0.39, 0.29) is 5.76 Å². The summed E-state index contributed by atoms with van der Waals surface area (Å²) in [5.41, 5.74) is 0.447. The van der Waals surface area contributed by atoms with Crippen molar-refractivity contribution in [1.29, 1.82) is 5.39 Å². The molecule has 0 heterocycles. The van der Waals surface area contributed by atoms with Crippen LogP contribution in [0.25, 0.3) is 4.98 Å². The van der Waals surface area contributed by atoms with E-state index in [4.69, 9.17) is 5.39 Å². The Bertz CT molecular complexity index is 446. The Morgan fingerprint density at radius 1 is 1.50 bits per heavy atom. The van der Waals surface area contributed by atoms with Gasteiger partial charge in [-0.15, -0.1) is 0 Å². The number of aliphatic hydroxyl groups excluding tert-OH is 1. The quantitative estimate of drug-likeness (QED) is 0.360. The molecule has 82 valence electrons. The van der Waals surface area contributed by atoms with Crippen LogP contribution in [-0.4, -0.2) is 17.0 Å². The predicted octanol–water partition coefficient (Wildman–Crippen LogP) is 1.43. The number of rotatable bonds is 3. The van der Waals surface area contributed by atoms with E-state index in [9.17, 15) is 10.2 Å². The lowest BCUT2D eigenvalue weighted by molar-refractivity contribution is -0.213. The Morgan fingerprint density at radius 3 is 2.69 bits per heavy atom. The molecule has 0 radical (unpaired) electrons. The molecule has 1 aromatic carbocycles. The number of diazo groups is 1. The van der Waals surface area contributed by atoms with Crippen LogP contribution in [0.1, 0.15) is 12.5 Å². The molecule has 1 rings (SSSR count). The van der Waals surface area contributed by atoms with E-state index in [2.05, 4.69) is 9.97 Å². The van der Waals surface area contributed by atoms with Crippen LogP contribution in [0.2, 0.25) is 0 Å². The minimum atomic E-state index is -0.733. The zero-order valence-corrected chi connectivity index (χ0v) is 8.74. The lowest BCUT2D eigenvalue weighted by atomic mass is 10.2. The van der Waals surface area contributed by atoms with Gasteiger partial charge in [0.15, 0.2) is 4.98 Å². The first kappa shape index (κ1) is 11.7. The maximum Gasteiger partial charge on any atom is 0.389 e. The van der Waals surface area contributed by atoms with Gasteiger partial charge in [-0.2, -0.15) is 0 Å². The van der Waals surface area contributed by atoms with Gasteiger partial charge in [0.25, 0.3) is 0 Å². The molecule has 5 nitrogen and oxygen atoms in total. The van der Waals surface area contributed by atoms with Gasteiger partial charge in [0.1, 0.15) is 6.04 Å². The smallest absolute Gasteiger partial charge is 0.389 e. The first-order valence-electron chi connectivity index (χ1n) is 4.68. The Morgan fingerprint density at radius 2 is 2.12 bits per heavy atom. The lowest BCUT2D eigenvalue weighted by Gasteiger charge is -2.13. The van der Waals surface area contributed by atoms with Gasteiger partial charge in [-0.05, 0) is 18.4 Å². The predicted molar refractivity (Wildman–Crippen MR) is 58.2 cm³/mol. The van der Waals surface area contributed by atoms with Crippen LogP contribution in [0.3, 0.4) is 0 Å². The average Bonchev–Trinajstić information content (AvgIpc) is 2.30. The lowest BCUT2D eigenvalue weighted by Crippen LogP contribution is -2.21.